The van der Waals surface area contributed by atoms with Crippen molar-refractivity contribution in [2.75, 3.05) is 19.6 Å². The number of rotatable bonds is 11. The van der Waals surface area contributed by atoms with E-state index in [-0.39, 0.29) is 30.1 Å². The quantitative estimate of drug-likeness (QED) is 0.263. The molecule has 2 saturated carbocycles. The highest BCUT2D eigenvalue weighted by Crippen LogP contribution is 2.27. The van der Waals surface area contributed by atoms with Gasteiger partial charge in [0.25, 0.3) is 11.8 Å². The van der Waals surface area contributed by atoms with Crippen LogP contribution in [0.15, 0.2) is 18.6 Å². The maximum Gasteiger partial charge on any atom is 0.289 e. The second-order valence-corrected chi connectivity index (χ2v) is 10.8. The van der Waals surface area contributed by atoms with E-state index in [2.05, 4.69) is 31.2 Å². The molecule has 13 nitrogen and oxygen atoms in total. The first-order valence-electron chi connectivity index (χ1n) is 14.0. The van der Waals surface area contributed by atoms with E-state index in [1.54, 1.807) is 0 Å². The lowest BCUT2D eigenvalue weighted by molar-refractivity contribution is -0.141. The van der Waals surface area contributed by atoms with Crippen LogP contribution in [0.25, 0.3) is 0 Å². The van der Waals surface area contributed by atoms with Gasteiger partial charge in [-0.15, -0.1) is 0 Å². The van der Waals surface area contributed by atoms with Crippen LogP contribution in [0.2, 0.25) is 0 Å². The summed E-state index contributed by atoms with van der Waals surface area (Å²) in [7, 11) is 0. The molecule has 0 aromatic carbocycles. The molecule has 4 rings (SSSR count). The van der Waals surface area contributed by atoms with Gasteiger partial charge in [0.05, 0.1) is 19.3 Å². The topological polar surface area (TPSA) is 180 Å². The highest BCUT2D eigenvalue weighted by atomic mass is 16.2. The summed E-state index contributed by atoms with van der Waals surface area (Å²) in [5.41, 5.74) is 0.0931. The highest BCUT2D eigenvalue weighted by molar-refractivity contribution is 6.37. The number of aromatic nitrogens is 2. The molecular weight excluding hydrogens is 518 g/mol. The van der Waals surface area contributed by atoms with Gasteiger partial charge >= 0.3 is 0 Å². The molecule has 2 heterocycles. The van der Waals surface area contributed by atoms with Crippen molar-refractivity contribution in [3.8, 4) is 0 Å². The molecule has 2 unspecified atom stereocenters. The fourth-order valence-corrected chi connectivity index (χ4v) is 5.34. The lowest BCUT2D eigenvalue weighted by Crippen LogP contribution is -2.55. The van der Waals surface area contributed by atoms with Crippen molar-refractivity contribution < 1.29 is 28.8 Å². The minimum absolute atomic E-state index is 0.0309. The largest absolute Gasteiger partial charge is 0.347 e. The molecule has 216 valence electrons. The number of nitrogens with zero attached hydrogens (tertiary/aromatic N) is 3. The second kappa shape index (κ2) is 13.4. The molecule has 1 aromatic rings. The summed E-state index contributed by atoms with van der Waals surface area (Å²) < 4.78 is 0. The van der Waals surface area contributed by atoms with Crippen molar-refractivity contribution in [2.45, 2.75) is 76.4 Å². The Labute approximate surface area is 232 Å². The minimum Gasteiger partial charge on any atom is -0.347 e. The van der Waals surface area contributed by atoms with Crippen LogP contribution in [0.4, 0.5) is 0 Å². The van der Waals surface area contributed by atoms with E-state index in [1.807, 2.05) is 6.92 Å². The first kappa shape index (κ1) is 29.1. The third-order valence-corrected chi connectivity index (χ3v) is 7.78. The Morgan fingerprint density at radius 2 is 1.70 bits per heavy atom. The fourth-order valence-electron chi connectivity index (χ4n) is 5.34. The summed E-state index contributed by atoms with van der Waals surface area (Å²) in [6.45, 7) is 1.36. The van der Waals surface area contributed by atoms with E-state index in [4.69, 9.17) is 0 Å². The molecule has 1 aliphatic heterocycles. The molecule has 3 atom stereocenters. The van der Waals surface area contributed by atoms with Gasteiger partial charge in [-0.1, -0.05) is 26.2 Å². The van der Waals surface area contributed by atoms with E-state index in [9.17, 15) is 28.8 Å². The summed E-state index contributed by atoms with van der Waals surface area (Å²) in [5, 5.41) is 10.5. The predicted octanol–water partition coefficient (Wildman–Crippen LogP) is -0.528. The Morgan fingerprint density at radius 1 is 0.950 bits per heavy atom. The third kappa shape index (κ3) is 7.60. The van der Waals surface area contributed by atoms with Gasteiger partial charge < -0.3 is 26.2 Å². The SMILES string of the molecule is C[C@H]1CCN(C(=O)CNC(=O)C(NC(=O)c2cnccn2)C2CCCCC2)C1C(=O)NCC(=O)C(=O)NC1CC1. The summed E-state index contributed by atoms with van der Waals surface area (Å²) in [6, 6.07) is -1.63. The van der Waals surface area contributed by atoms with Crippen molar-refractivity contribution in [1.82, 2.24) is 36.1 Å². The van der Waals surface area contributed by atoms with Crippen LogP contribution in [0.1, 0.15) is 68.8 Å². The summed E-state index contributed by atoms with van der Waals surface area (Å²) >= 11 is 0. The predicted molar refractivity (Wildman–Crippen MR) is 141 cm³/mol. The van der Waals surface area contributed by atoms with Gasteiger partial charge in [-0.2, -0.15) is 0 Å². The average Bonchev–Trinajstić information content (AvgIpc) is 3.71. The van der Waals surface area contributed by atoms with Crippen LogP contribution in [-0.4, -0.2) is 87.9 Å². The monoisotopic (exact) mass is 555 g/mol. The number of nitrogens with one attached hydrogen (secondary N) is 4. The number of Topliss-reactive ketones (excluding diaryl/α,β-unsaturated/α-hetero) is 1. The molecule has 0 spiro atoms. The zero-order valence-corrected chi connectivity index (χ0v) is 22.7. The normalized spacial score (nSPS) is 21.7. The number of hydrogen-bond acceptors (Lipinski definition) is 8. The van der Waals surface area contributed by atoms with Gasteiger partial charge in [0.15, 0.2) is 0 Å². The highest BCUT2D eigenvalue weighted by Gasteiger charge is 2.40. The number of carbonyl (C=O) groups excluding carboxylic acids is 6. The maximum absolute atomic E-state index is 13.2. The van der Waals surface area contributed by atoms with Gasteiger partial charge in [-0.25, -0.2) is 4.98 Å². The van der Waals surface area contributed by atoms with Crippen molar-refractivity contribution in [3.05, 3.63) is 24.3 Å². The Bertz CT molecular complexity index is 1120. The van der Waals surface area contributed by atoms with E-state index in [0.29, 0.717) is 13.0 Å². The molecule has 1 saturated heterocycles. The number of likely N-dealkylation sites (tertiary alicyclic amines) is 1. The van der Waals surface area contributed by atoms with Gasteiger partial charge in [-0.05, 0) is 43.9 Å². The molecule has 0 bridgehead atoms. The average molecular weight is 556 g/mol. The lowest BCUT2D eigenvalue weighted by Gasteiger charge is -2.30. The lowest BCUT2D eigenvalue weighted by atomic mass is 9.83. The van der Waals surface area contributed by atoms with Gasteiger partial charge in [0.1, 0.15) is 17.8 Å². The molecule has 4 N–H and O–H groups in total. The fraction of sp³-hybridized carbons (Fsp3) is 0.630. The van der Waals surface area contributed by atoms with Crippen LogP contribution in [0, 0.1) is 11.8 Å². The van der Waals surface area contributed by atoms with Crippen LogP contribution in [-0.2, 0) is 24.0 Å². The molecular formula is C27H37N7O6. The van der Waals surface area contributed by atoms with Crippen LogP contribution in [0.3, 0.4) is 0 Å². The smallest absolute Gasteiger partial charge is 0.289 e. The summed E-state index contributed by atoms with van der Waals surface area (Å²) in [5.74, 6) is -3.67. The molecule has 3 fully saturated rings. The Hall–Kier alpha value is -3.90. The zero-order chi connectivity index (χ0) is 28.6. The van der Waals surface area contributed by atoms with Gasteiger partial charge in [0, 0.05) is 25.0 Å². The first-order valence-corrected chi connectivity index (χ1v) is 14.0. The molecule has 5 amide bonds. The van der Waals surface area contributed by atoms with Crippen LogP contribution in [0.5, 0.6) is 0 Å². The van der Waals surface area contributed by atoms with Gasteiger partial charge in [0.2, 0.25) is 23.5 Å². The summed E-state index contributed by atoms with van der Waals surface area (Å²) in [4.78, 5) is 85.3. The standard InChI is InChI=1S/C27H37N7O6/c1-16-9-12-34(23(16)27(40)30-14-20(35)25(38)32-18-7-8-18)21(36)15-31-26(39)22(17-5-3-2-4-6-17)33-24(37)19-13-28-10-11-29-19/h10-11,13,16-18,22-23H,2-9,12,14-15H2,1H3,(H,30,40)(H,31,39)(H,32,38)(H,33,37)/t16-,22?,23?/m0/s1. The Kier molecular flexibility index (Phi) is 9.78. The zero-order valence-electron chi connectivity index (χ0n) is 22.7. The van der Waals surface area contributed by atoms with Gasteiger partial charge in [-0.3, -0.25) is 33.8 Å². The third-order valence-electron chi connectivity index (χ3n) is 7.78. The maximum atomic E-state index is 13.2. The Morgan fingerprint density at radius 3 is 2.38 bits per heavy atom. The Balaban J connectivity index is 1.32. The number of ketones is 1. The van der Waals surface area contributed by atoms with Crippen LogP contribution >= 0.6 is 0 Å². The number of amides is 5. The summed E-state index contributed by atoms with van der Waals surface area (Å²) in [6.07, 6.45) is 10.9. The first-order chi connectivity index (χ1) is 19.2. The van der Waals surface area contributed by atoms with Crippen molar-refractivity contribution in [2.24, 2.45) is 11.8 Å². The minimum atomic E-state index is -0.841. The van der Waals surface area contributed by atoms with Crippen molar-refractivity contribution >= 4 is 35.3 Å². The van der Waals surface area contributed by atoms with E-state index < -0.39 is 53.9 Å². The molecule has 13 heteroatoms. The van der Waals surface area contributed by atoms with E-state index >= 15 is 0 Å². The molecule has 40 heavy (non-hydrogen) atoms. The molecule has 2 aliphatic carbocycles. The molecule has 3 aliphatic rings. The second-order valence-electron chi connectivity index (χ2n) is 10.8. The van der Waals surface area contributed by atoms with E-state index in [0.717, 1.165) is 44.9 Å². The van der Waals surface area contributed by atoms with Crippen molar-refractivity contribution in [3.63, 3.8) is 0 Å². The van der Waals surface area contributed by atoms with Crippen molar-refractivity contribution in [1.29, 1.82) is 0 Å². The number of carbonyl (C=O) groups is 6. The molecule has 0 radical (unpaired) electrons. The number of hydrogen-bond donors (Lipinski definition) is 4. The van der Waals surface area contributed by atoms with E-state index in [1.165, 1.54) is 23.5 Å². The molecule has 1 aromatic heterocycles. The van der Waals surface area contributed by atoms with Crippen LogP contribution < -0.4 is 21.3 Å².